The van der Waals surface area contributed by atoms with Gasteiger partial charge in [0.1, 0.15) is 11.6 Å². The van der Waals surface area contributed by atoms with Crippen LogP contribution >= 0.6 is 11.6 Å². The van der Waals surface area contributed by atoms with E-state index in [4.69, 9.17) is 11.6 Å². The van der Waals surface area contributed by atoms with Crippen molar-refractivity contribution in [2.75, 3.05) is 0 Å². The number of halogens is 2. The van der Waals surface area contributed by atoms with Gasteiger partial charge in [-0.2, -0.15) is 0 Å². The summed E-state index contributed by atoms with van der Waals surface area (Å²) in [4.78, 5) is 12.1. The van der Waals surface area contributed by atoms with Crippen LogP contribution in [0.15, 0.2) is 18.2 Å². The molecule has 2 bridgehead atoms. The van der Waals surface area contributed by atoms with Crippen molar-refractivity contribution in [3.8, 4) is 17.4 Å². The zero-order valence-electron chi connectivity index (χ0n) is 11.5. The van der Waals surface area contributed by atoms with Crippen molar-refractivity contribution < 1.29 is 19.4 Å². The summed E-state index contributed by atoms with van der Waals surface area (Å²) in [6.45, 7) is 0. The van der Waals surface area contributed by atoms with E-state index in [2.05, 4.69) is 0 Å². The summed E-state index contributed by atoms with van der Waals surface area (Å²) in [6, 6.07) is 3.94. The summed E-state index contributed by atoms with van der Waals surface area (Å²) < 4.78 is 14.6. The van der Waals surface area contributed by atoms with Crippen LogP contribution in [-0.4, -0.2) is 20.6 Å². The molecule has 4 nitrogen and oxygen atoms in total. The fourth-order valence-corrected chi connectivity index (χ4v) is 3.94. The van der Waals surface area contributed by atoms with E-state index >= 15 is 0 Å². The molecule has 22 heavy (non-hydrogen) atoms. The van der Waals surface area contributed by atoms with Crippen molar-refractivity contribution >= 4 is 17.4 Å². The van der Waals surface area contributed by atoms with E-state index in [1.165, 1.54) is 22.8 Å². The van der Waals surface area contributed by atoms with E-state index in [0.717, 1.165) is 6.42 Å². The number of hydrogen-bond donors (Lipinski definition) is 2. The van der Waals surface area contributed by atoms with Gasteiger partial charge in [0, 0.05) is 23.5 Å². The number of ketones is 1. The monoisotopic (exact) mass is 321 g/mol. The molecular formula is C16H13ClFNO3. The number of rotatable bonds is 1. The van der Waals surface area contributed by atoms with Gasteiger partial charge >= 0.3 is 0 Å². The molecule has 1 aromatic carbocycles. The van der Waals surface area contributed by atoms with Crippen LogP contribution < -0.4 is 0 Å². The average molecular weight is 322 g/mol. The largest absolute Gasteiger partial charge is 0.494 e. The van der Waals surface area contributed by atoms with Crippen molar-refractivity contribution in [2.24, 2.45) is 0 Å². The Morgan fingerprint density at radius 1 is 1.18 bits per heavy atom. The highest BCUT2D eigenvalue weighted by Crippen LogP contribution is 2.55. The molecule has 0 radical (unpaired) electrons. The first kappa shape index (κ1) is 13.6. The molecule has 0 spiro atoms. The van der Waals surface area contributed by atoms with Crippen molar-refractivity contribution in [3.63, 3.8) is 0 Å². The first-order valence-electron chi connectivity index (χ1n) is 7.13. The van der Waals surface area contributed by atoms with Gasteiger partial charge in [0.2, 0.25) is 11.8 Å². The Bertz CT molecular complexity index is 814. The minimum Gasteiger partial charge on any atom is -0.494 e. The minimum absolute atomic E-state index is 0.0597. The molecule has 2 aromatic rings. The van der Waals surface area contributed by atoms with Crippen molar-refractivity contribution in [2.45, 2.75) is 31.1 Å². The smallest absolute Gasteiger partial charge is 0.202 e. The summed E-state index contributed by atoms with van der Waals surface area (Å²) in [6.07, 6.45) is 1.92. The van der Waals surface area contributed by atoms with Gasteiger partial charge in [0.05, 0.1) is 10.7 Å². The van der Waals surface area contributed by atoms with Gasteiger partial charge < -0.3 is 10.2 Å². The second-order valence-corrected chi connectivity index (χ2v) is 6.31. The van der Waals surface area contributed by atoms with Crippen LogP contribution in [0.1, 0.15) is 42.2 Å². The standard InChI is InChI=1S/C16H13ClFNO3/c17-10-6-8(2-4-11(10)18)19-15(21)13-7-1-3-9(12(20)5-7)14(13)16(19)22/h2,4,6-7,9,21-22H,1,3,5H2/t7-,9+/m0/s1. The predicted molar refractivity (Wildman–Crippen MR) is 78.4 cm³/mol. The van der Waals surface area contributed by atoms with Crippen LogP contribution in [0, 0.1) is 5.82 Å². The summed E-state index contributed by atoms with van der Waals surface area (Å²) in [5.41, 5.74) is 1.53. The third kappa shape index (κ3) is 1.66. The lowest BCUT2D eigenvalue weighted by Crippen LogP contribution is -2.28. The number of nitrogens with zero attached hydrogens (tertiary/aromatic N) is 1. The van der Waals surface area contributed by atoms with E-state index in [0.29, 0.717) is 29.7 Å². The summed E-state index contributed by atoms with van der Waals surface area (Å²) in [7, 11) is 0. The van der Waals surface area contributed by atoms with Gasteiger partial charge in [-0.3, -0.25) is 9.36 Å². The number of fused-ring (bicyclic) bond motifs is 2. The SMILES string of the molecule is O=C1C[C@@H]2CC[C@H]1c1c2c(O)n(-c2ccc(F)c(Cl)c2)c1O. The lowest BCUT2D eigenvalue weighted by molar-refractivity contribution is -0.123. The molecule has 1 saturated carbocycles. The van der Waals surface area contributed by atoms with Gasteiger partial charge in [0.15, 0.2) is 0 Å². The van der Waals surface area contributed by atoms with Crippen LogP contribution in [-0.2, 0) is 4.79 Å². The van der Waals surface area contributed by atoms with Crippen LogP contribution in [0.2, 0.25) is 5.02 Å². The molecule has 0 saturated heterocycles. The molecule has 0 unspecified atom stereocenters. The molecule has 1 fully saturated rings. The van der Waals surface area contributed by atoms with E-state index in [1.807, 2.05) is 0 Å². The molecule has 0 amide bonds. The summed E-state index contributed by atoms with van der Waals surface area (Å²) >= 11 is 5.78. The van der Waals surface area contributed by atoms with Gasteiger partial charge in [0.25, 0.3) is 0 Å². The fourth-order valence-electron chi connectivity index (χ4n) is 3.76. The van der Waals surface area contributed by atoms with E-state index < -0.39 is 5.82 Å². The van der Waals surface area contributed by atoms with Crippen molar-refractivity contribution in [1.29, 1.82) is 0 Å². The lowest BCUT2D eigenvalue weighted by Gasteiger charge is -2.34. The number of aromatic nitrogens is 1. The molecule has 3 aliphatic rings. The maximum absolute atomic E-state index is 13.3. The normalized spacial score (nSPS) is 22.9. The molecule has 114 valence electrons. The summed E-state index contributed by atoms with van der Waals surface area (Å²) in [5, 5.41) is 21.0. The maximum Gasteiger partial charge on any atom is 0.202 e. The Hall–Kier alpha value is -2.01. The van der Waals surface area contributed by atoms with Crippen molar-refractivity contribution in [3.05, 3.63) is 40.2 Å². The zero-order chi connectivity index (χ0) is 15.6. The Kier molecular flexibility index (Phi) is 2.78. The first-order chi connectivity index (χ1) is 10.5. The topological polar surface area (TPSA) is 62.5 Å². The zero-order valence-corrected chi connectivity index (χ0v) is 12.3. The molecule has 0 aliphatic heterocycles. The van der Waals surface area contributed by atoms with E-state index in [9.17, 15) is 19.4 Å². The van der Waals surface area contributed by atoms with E-state index in [1.54, 1.807) is 0 Å². The second kappa shape index (κ2) is 4.49. The lowest BCUT2D eigenvalue weighted by atomic mass is 9.67. The number of hydrogen-bond acceptors (Lipinski definition) is 3. The van der Waals surface area contributed by atoms with Gasteiger partial charge in [-0.15, -0.1) is 0 Å². The highest BCUT2D eigenvalue weighted by atomic mass is 35.5. The second-order valence-electron chi connectivity index (χ2n) is 5.91. The van der Waals surface area contributed by atoms with Crippen molar-refractivity contribution in [1.82, 2.24) is 4.57 Å². The fraction of sp³-hybridized carbons (Fsp3) is 0.312. The Morgan fingerprint density at radius 2 is 1.91 bits per heavy atom. The predicted octanol–water partition coefficient (Wildman–Crippen LogP) is 3.61. The van der Waals surface area contributed by atoms with Gasteiger partial charge in [-0.1, -0.05) is 11.6 Å². The number of Topliss-reactive ketones (excluding diaryl/α,β-unsaturated/α-hetero) is 1. The number of carbonyl (C=O) groups excluding carboxylic acids is 1. The molecule has 3 aliphatic carbocycles. The molecular weight excluding hydrogens is 309 g/mol. The van der Waals surface area contributed by atoms with E-state index in [-0.39, 0.29) is 34.4 Å². The molecule has 1 aromatic heterocycles. The molecule has 2 atom stereocenters. The number of aromatic hydroxyl groups is 2. The number of carbonyl (C=O) groups is 1. The quantitative estimate of drug-likeness (QED) is 0.843. The Labute approximate surface area is 130 Å². The summed E-state index contributed by atoms with van der Waals surface area (Å²) in [5.74, 6) is -1.13. The molecule has 2 N–H and O–H groups in total. The van der Waals surface area contributed by atoms with Crippen LogP contribution in [0.4, 0.5) is 4.39 Å². The molecule has 6 heteroatoms. The highest BCUT2D eigenvalue weighted by Gasteiger charge is 2.45. The van der Waals surface area contributed by atoms with Gasteiger partial charge in [-0.05, 0) is 37.0 Å². The maximum atomic E-state index is 13.3. The van der Waals surface area contributed by atoms with Gasteiger partial charge in [-0.25, -0.2) is 4.39 Å². The third-order valence-electron chi connectivity index (χ3n) is 4.75. The Morgan fingerprint density at radius 3 is 2.59 bits per heavy atom. The molecule has 5 rings (SSSR count). The molecule has 1 heterocycles. The average Bonchev–Trinajstić information content (AvgIpc) is 2.76. The minimum atomic E-state index is -0.573. The van der Waals surface area contributed by atoms with Crippen LogP contribution in [0.25, 0.3) is 5.69 Å². The van der Waals surface area contributed by atoms with Crippen LogP contribution in [0.3, 0.4) is 0 Å². The van der Waals surface area contributed by atoms with Crippen LogP contribution in [0.5, 0.6) is 11.8 Å². The Balaban J connectivity index is 1.96. The third-order valence-corrected chi connectivity index (χ3v) is 5.04. The highest BCUT2D eigenvalue weighted by molar-refractivity contribution is 6.30. The number of benzene rings is 1. The first-order valence-corrected chi connectivity index (χ1v) is 7.51.